The molecule has 7 N–H and O–H groups in total. The number of anilines is 1. The van der Waals surface area contributed by atoms with E-state index in [0.717, 1.165) is 45.3 Å². The van der Waals surface area contributed by atoms with Crippen LogP contribution in [0.4, 0.5) is 59.4 Å². The summed E-state index contributed by atoms with van der Waals surface area (Å²) < 4.78 is 150. The molecule has 28 heteroatoms. The van der Waals surface area contributed by atoms with Gasteiger partial charge >= 0.3 is 31.1 Å². The molecule has 0 saturated carbocycles. The van der Waals surface area contributed by atoms with Gasteiger partial charge in [-0.05, 0) is 82.9 Å². The summed E-state index contributed by atoms with van der Waals surface area (Å²) in [5.41, 5.74) is -4.84. The number of hydrogen-bond donors (Lipinski definition) is 7. The predicted octanol–water partition coefficient (Wildman–Crippen LogP) is 5.81. The van der Waals surface area contributed by atoms with Crippen LogP contribution in [0.3, 0.4) is 0 Å². The first kappa shape index (κ1) is 58.0. The number of rotatable bonds is 18. The molecule has 2 aromatic carbocycles. The van der Waals surface area contributed by atoms with Crippen molar-refractivity contribution in [1.29, 1.82) is 0 Å². The van der Waals surface area contributed by atoms with Crippen LogP contribution in [0.2, 0.25) is 0 Å². The van der Waals surface area contributed by atoms with Gasteiger partial charge in [0, 0.05) is 73.5 Å². The molecule has 0 radical (unpaired) electrons. The minimum absolute atomic E-state index is 0.185. The third kappa shape index (κ3) is 14.0. The van der Waals surface area contributed by atoms with Gasteiger partial charge in [-0.3, -0.25) is 15.0 Å². The number of hydrazine groups is 1. The van der Waals surface area contributed by atoms with E-state index in [2.05, 4.69) is 47.2 Å². The number of carboxylic acid groups (broad SMARTS) is 1. The SMILES string of the molecule is COC(=O)NC(C(=O)NC(Cc1ccc(C#Cc2cnc(N3CC4CCC(C3)N4)nc2)cc1)C(O)CN(Cc1c(F)cc(-c2ccn(C(F)F)n2)cc1F)NC(=O)C(NC(=O)O)C(C)(C)C(F)(F)F)C(C)(C)C(F)(F)F. The Labute approximate surface area is 427 Å². The highest BCUT2D eigenvalue weighted by Gasteiger charge is 2.57. The molecule has 0 spiro atoms. The molecule has 2 aliphatic heterocycles. The maximum absolute atomic E-state index is 15.9. The number of benzene rings is 2. The summed E-state index contributed by atoms with van der Waals surface area (Å²) in [4.78, 5) is 62.9. The van der Waals surface area contributed by atoms with E-state index in [1.165, 1.54) is 29.6 Å². The van der Waals surface area contributed by atoms with Crippen molar-refractivity contribution < 1.29 is 78.0 Å². The second-order valence-corrected chi connectivity index (χ2v) is 19.3. The Balaban J connectivity index is 1.33. The Morgan fingerprint density at radius 1 is 0.829 bits per heavy atom. The van der Waals surface area contributed by atoms with Crippen LogP contribution in [0.5, 0.6) is 0 Å². The Morgan fingerprint density at radius 3 is 1.89 bits per heavy atom. The van der Waals surface area contributed by atoms with Crippen molar-refractivity contribution in [2.75, 3.05) is 31.6 Å². The number of alkyl carbamates (subject to hydrolysis) is 1. The van der Waals surface area contributed by atoms with Gasteiger partial charge < -0.3 is 41.1 Å². The van der Waals surface area contributed by atoms with Gasteiger partial charge in [-0.15, -0.1) is 0 Å². The Kier molecular flexibility index (Phi) is 17.8. The molecule has 2 aromatic heterocycles. The van der Waals surface area contributed by atoms with E-state index in [1.54, 1.807) is 12.4 Å². The van der Waals surface area contributed by atoms with Crippen LogP contribution in [0.25, 0.3) is 11.3 Å². The molecule has 18 nitrogen and oxygen atoms in total. The van der Waals surface area contributed by atoms with E-state index < -0.39 is 115 Å². The Bertz CT molecular complexity index is 2750. The summed E-state index contributed by atoms with van der Waals surface area (Å²) >= 11 is 0. The molecule has 6 unspecified atom stereocenters. The molecule has 0 aliphatic carbocycles. The summed E-state index contributed by atoms with van der Waals surface area (Å²) in [6.45, 7) is -1.87. The summed E-state index contributed by atoms with van der Waals surface area (Å²) in [6.07, 6.45) is -10.7. The van der Waals surface area contributed by atoms with E-state index >= 15 is 8.78 Å². The van der Waals surface area contributed by atoms with Gasteiger partial charge in [-0.1, -0.05) is 24.0 Å². The number of aromatic nitrogens is 4. The molecule has 4 aromatic rings. The first-order valence-electron chi connectivity index (χ1n) is 23.2. The molecule has 4 heterocycles. The summed E-state index contributed by atoms with van der Waals surface area (Å²) in [5.74, 6) is 0.184. The van der Waals surface area contributed by atoms with Gasteiger partial charge in [0.2, 0.25) is 11.9 Å². The predicted molar refractivity (Wildman–Crippen MR) is 250 cm³/mol. The third-order valence-corrected chi connectivity index (χ3v) is 13.1. The van der Waals surface area contributed by atoms with Gasteiger partial charge in [0.05, 0.1) is 41.3 Å². The van der Waals surface area contributed by atoms with Gasteiger partial charge in [-0.2, -0.15) is 40.2 Å². The zero-order valence-corrected chi connectivity index (χ0v) is 41.2. The van der Waals surface area contributed by atoms with Crippen molar-refractivity contribution in [1.82, 2.24) is 51.5 Å². The summed E-state index contributed by atoms with van der Waals surface area (Å²) in [6, 6.07) is 1.94. The highest BCUT2D eigenvalue weighted by Crippen LogP contribution is 2.42. The number of nitrogens with zero attached hydrogens (tertiary/aromatic N) is 6. The largest absolute Gasteiger partial charge is 0.465 e. The number of carbonyl (C=O) groups is 4. The summed E-state index contributed by atoms with van der Waals surface area (Å²) in [5, 5.41) is 34.5. The van der Waals surface area contributed by atoms with Crippen molar-refractivity contribution in [2.45, 2.75) is 109 Å². The molecule has 412 valence electrons. The number of fused-ring (bicyclic) bond motifs is 2. The lowest BCUT2D eigenvalue weighted by molar-refractivity contribution is -0.221. The number of nitrogens with one attached hydrogen (secondary N) is 5. The Morgan fingerprint density at radius 2 is 1.38 bits per heavy atom. The quantitative estimate of drug-likeness (QED) is 0.0355. The average molecular weight is 1090 g/mol. The van der Waals surface area contributed by atoms with Crippen LogP contribution in [-0.2, 0) is 27.3 Å². The molecule has 2 bridgehead atoms. The maximum atomic E-state index is 15.9. The molecule has 6 atom stereocenters. The molecule has 2 aliphatic rings. The molecule has 2 saturated heterocycles. The lowest BCUT2D eigenvalue weighted by atomic mass is 9.82. The summed E-state index contributed by atoms with van der Waals surface area (Å²) in [7, 11) is 0.807. The van der Waals surface area contributed by atoms with Crippen molar-refractivity contribution >= 4 is 29.9 Å². The van der Waals surface area contributed by atoms with Crippen LogP contribution < -0.4 is 31.6 Å². The fourth-order valence-corrected chi connectivity index (χ4v) is 8.37. The molecular weight excluding hydrogens is 1030 g/mol. The molecule has 6 rings (SSSR count). The molecule has 4 amide bonds. The topological polar surface area (TPSA) is 228 Å². The van der Waals surface area contributed by atoms with Crippen LogP contribution in [0.1, 0.15) is 69.3 Å². The monoisotopic (exact) mass is 1090 g/mol. The normalized spacial score (nSPS) is 17.5. The lowest BCUT2D eigenvalue weighted by Crippen LogP contribution is -2.63. The maximum Gasteiger partial charge on any atom is 0.407 e. The van der Waals surface area contributed by atoms with Crippen LogP contribution in [0.15, 0.2) is 61.1 Å². The smallest absolute Gasteiger partial charge is 0.407 e. The minimum Gasteiger partial charge on any atom is -0.465 e. The van der Waals surface area contributed by atoms with Crippen LogP contribution in [0, 0.1) is 34.3 Å². The van der Waals surface area contributed by atoms with Gasteiger partial charge in [0.1, 0.15) is 23.7 Å². The van der Waals surface area contributed by atoms with E-state index in [-0.39, 0.29) is 21.5 Å². The van der Waals surface area contributed by atoms with Crippen LogP contribution in [-0.4, -0.2) is 134 Å². The first-order chi connectivity index (χ1) is 35.5. The van der Waals surface area contributed by atoms with Crippen molar-refractivity contribution in [3.8, 4) is 23.1 Å². The average Bonchev–Trinajstić information content (AvgIpc) is 3.98. The number of halogens is 10. The Hall–Kier alpha value is -7.25. The number of ether oxygens (including phenoxy) is 1. The van der Waals surface area contributed by atoms with E-state index in [9.17, 15) is 64.5 Å². The number of hydrogen-bond acceptors (Lipinski definition) is 12. The number of carbonyl (C=O) groups excluding carboxylic acids is 3. The van der Waals surface area contributed by atoms with Gasteiger partial charge in [-0.25, -0.2) is 38.0 Å². The number of aliphatic hydroxyl groups excluding tert-OH is 1. The van der Waals surface area contributed by atoms with Gasteiger partial charge in [0.25, 0.3) is 5.91 Å². The fourth-order valence-electron chi connectivity index (χ4n) is 8.37. The number of methoxy groups -OCH3 is 1. The second kappa shape index (κ2) is 23.3. The van der Waals surface area contributed by atoms with Crippen molar-refractivity contribution in [3.63, 3.8) is 0 Å². The van der Waals surface area contributed by atoms with Crippen molar-refractivity contribution in [2.24, 2.45) is 10.8 Å². The molecule has 76 heavy (non-hydrogen) atoms. The van der Waals surface area contributed by atoms with E-state index in [0.29, 0.717) is 74.0 Å². The number of alkyl halides is 8. The first-order valence-corrected chi connectivity index (χ1v) is 23.2. The highest BCUT2D eigenvalue weighted by atomic mass is 19.4. The highest BCUT2D eigenvalue weighted by molar-refractivity contribution is 5.87. The number of amides is 4. The lowest BCUT2D eigenvalue weighted by Gasteiger charge is -2.38. The number of aliphatic hydroxyl groups is 1. The second-order valence-electron chi connectivity index (χ2n) is 19.3. The zero-order valence-electron chi connectivity index (χ0n) is 41.2. The van der Waals surface area contributed by atoms with E-state index in [4.69, 9.17) is 0 Å². The third-order valence-electron chi connectivity index (χ3n) is 13.1. The van der Waals surface area contributed by atoms with Crippen LogP contribution >= 0.6 is 0 Å². The van der Waals surface area contributed by atoms with E-state index in [1.807, 2.05) is 10.7 Å². The molecular formula is C48H53F10N11O7. The number of piperazine rings is 1. The standard InChI is InChI=1S/C48H53F10N11O7/c1-45(2,47(53,54)55)37(64-44(75)76-5)39(71)62-35(16-26-9-6-25(7-10-26)8-11-27-19-59-42(60-20-27)67-21-29-12-13-30(22-67)61-29)36(70)24-68(66-40(72)38(63-43(73)74)46(3,4)48(56,57)58)23-31-32(49)17-28(18-33(31)50)34-14-15-69(65-34)41(51)52/h6-7,9-10,14-15,17-20,29-30,35-38,41,61,63,70H,12-13,16,21-24H2,1-5H3,(H,62,71)(H,64,75)(H,66,72)(H,73,74). The van der Waals surface area contributed by atoms with Gasteiger partial charge in [0.15, 0.2) is 0 Å². The van der Waals surface area contributed by atoms with Crippen molar-refractivity contribution in [3.05, 3.63) is 94.9 Å². The minimum atomic E-state index is -5.28. The molecule has 2 fully saturated rings. The fraction of sp³-hybridized carbons (Fsp3) is 0.479. The zero-order chi connectivity index (χ0) is 56.1.